The maximum absolute atomic E-state index is 4.44. The van der Waals surface area contributed by atoms with Crippen LogP contribution in [-0.4, -0.2) is 15.2 Å². The van der Waals surface area contributed by atoms with Crippen molar-refractivity contribution in [2.24, 2.45) is 0 Å². The van der Waals surface area contributed by atoms with Crippen molar-refractivity contribution in [3.05, 3.63) is 53.1 Å². The van der Waals surface area contributed by atoms with Crippen molar-refractivity contribution in [3.8, 4) is 0 Å². The van der Waals surface area contributed by atoms with Gasteiger partial charge in [0, 0.05) is 11.9 Å². The molecule has 2 aromatic heterocycles. The van der Waals surface area contributed by atoms with E-state index in [9.17, 15) is 0 Å². The Morgan fingerprint density at radius 3 is 1.27 bits per heavy atom. The Morgan fingerprint density at radius 1 is 0.654 bits per heavy atom. The lowest BCUT2D eigenvalue weighted by Gasteiger charge is -2.18. The van der Waals surface area contributed by atoms with Gasteiger partial charge in [-0.25, -0.2) is 0 Å². The number of aromatic nitrogens is 3. The van der Waals surface area contributed by atoms with E-state index in [0.29, 0.717) is 17.8 Å². The van der Waals surface area contributed by atoms with Crippen molar-refractivity contribution < 1.29 is 0 Å². The fourth-order valence-electron chi connectivity index (χ4n) is 2.16. The summed E-state index contributed by atoms with van der Waals surface area (Å²) in [6.45, 7) is 19.5. The predicted molar refractivity (Wildman–Crippen MR) is 114 cm³/mol. The molecule has 0 aromatic carbocycles. The number of rotatable bonds is 3. The summed E-state index contributed by atoms with van der Waals surface area (Å²) >= 11 is 0. The molecule has 146 valence electrons. The van der Waals surface area contributed by atoms with Gasteiger partial charge in [0.15, 0.2) is 0 Å². The lowest BCUT2D eigenvalue weighted by atomic mass is 9.88. The third kappa shape index (κ3) is 7.63. The SMILES string of the molecule is C.CC(C)c1ccc(C(C)(C)C)cn1.CC(C)c1ccc(C(C)C)nn1. The van der Waals surface area contributed by atoms with Crippen molar-refractivity contribution in [3.63, 3.8) is 0 Å². The number of pyridine rings is 1. The molecule has 0 saturated heterocycles. The molecule has 3 nitrogen and oxygen atoms in total. The van der Waals surface area contributed by atoms with Crippen LogP contribution in [0.1, 0.15) is 110 Å². The molecule has 2 heterocycles. The third-order valence-electron chi connectivity index (χ3n) is 4.13. The highest BCUT2D eigenvalue weighted by molar-refractivity contribution is 5.22. The van der Waals surface area contributed by atoms with Crippen LogP contribution in [0, 0.1) is 0 Å². The first kappa shape index (κ1) is 24.2. The lowest BCUT2D eigenvalue weighted by molar-refractivity contribution is 0.586. The average molecular weight is 358 g/mol. The third-order valence-corrected chi connectivity index (χ3v) is 4.13. The van der Waals surface area contributed by atoms with E-state index in [0.717, 1.165) is 11.4 Å². The van der Waals surface area contributed by atoms with Crippen LogP contribution >= 0.6 is 0 Å². The van der Waals surface area contributed by atoms with E-state index in [1.165, 1.54) is 11.3 Å². The summed E-state index contributed by atoms with van der Waals surface area (Å²) in [4.78, 5) is 4.44. The Kier molecular flexibility index (Phi) is 9.69. The predicted octanol–water partition coefficient (Wildman–Crippen LogP) is 6.86. The van der Waals surface area contributed by atoms with Crippen molar-refractivity contribution in [1.82, 2.24) is 15.2 Å². The van der Waals surface area contributed by atoms with Crippen molar-refractivity contribution in [2.45, 2.75) is 92.9 Å². The maximum Gasteiger partial charge on any atom is 0.0656 e. The van der Waals surface area contributed by atoms with Crippen molar-refractivity contribution >= 4 is 0 Å². The second-order valence-corrected chi connectivity index (χ2v) is 8.57. The van der Waals surface area contributed by atoms with E-state index in [2.05, 4.69) is 102 Å². The molecule has 0 fully saturated rings. The molecule has 2 rings (SSSR count). The summed E-state index contributed by atoms with van der Waals surface area (Å²) in [7, 11) is 0. The molecule has 0 unspecified atom stereocenters. The molecule has 0 bridgehead atoms. The van der Waals surface area contributed by atoms with Crippen LogP contribution in [0.3, 0.4) is 0 Å². The second kappa shape index (κ2) is 10.4. The fourth-order valence-corrected chi connectivity index (χ4v) is 2.16. The molecule has 0 saturated carbocycles. The van der Waals surface area contributed by atoms with Gasteiger partial charge in [-0.05, 0) is 46.9 Å². The molecule has 26 heavy (non-hydrogen) atoms. The van der Waals surface area contributed by atoms with Crippen LogP contribution in [0.15, 0.2) is 30.5 Å². The van der Waals surface area contributed by atoms with E-state index < -0.39 is 0 Å². The highest BCUT2D eigenvalue weighted by Crippen LogP contribution is 2.22. The number of nitrogens with zero attached hydrogens (tertiary/aromatic N) is 3. The summed E-state index contributed by atoms with van der Waals surface area (Å²) in [5, 5.41) is 8.30. The topological polar surface area (TPSA) is 38.7 Å². The van der Waals surface area contributed by atoms with E-state index in [1.807, 2.05) is 6.20 Å². The van der Waals surface area contributed by atoms with Crippen LogP contribution in [0.5, 0.6) is 0 Å². The molecule has 2 aromatic rings. The highest BCUT2D eigenvalue weighted by atomic mass is 15.1. The molecule has 0 amide bonds. The highest BCUT2D eigenvalue weighted by Gasteiger charge is 2.13. The first-order valence-corrected chi connectivity index (χ1v) is 9.32. The Balaban J connectivity index is 0.000000464. The van der Waals surface area contributed by atoms with Crippen molar-refractivity contribution in [1.29, 1.82) is 0 Å². The van der Waals surface area contributed by atoms with Gasteiger partial charge in [-0.2, -0.15) is 10.2 Å². The van der Waals surface area contributed by atoms with E-state index >= 15 is 0 Å². The average Bonchev–Trinajstić information content (AvgIpc) is 2.54. The van der Waals surface area contributed by atoms with Crippen LogP contribution in [0.4, 0.5) is 0 Å². The molecule has 0 aliphatic carbocycles. The monoisotopic (exact) mass is 357 g/mol. The normalized spacial score (nSPS) is 11.2. The zero-order chi connectivity index (χ0) is 19.2. The van der Waals surface area contributed by atoms with Crippen LogP contribution < -0.4 is 0 Å². The largest absolute Gasteiger partial charge is 0.261 e. The lowest BCUT2D eigenvalue weighted by Crippen LogP contribution is -2.11. The van der Waals surface area contributed by atoms with E-state index in [4.69, 9.17) is 0 Å². The summed E-state index contributed by atoms with van der Waals surface area (Å²) in [5.41, 5.74) is 4.83. The van der Waals surface area contributed by atoms with Crippen LogP contribution in [-0.2, 0) is 5.41 Å². The molecule has 3 heteroatoms. The molecule has 0 radical (unpaired) electrons. The van der Waals surface area contributed by atoms with E-state index in [1.54, 1.807) is 0 Å². The Labute approximate surface area is 161 Å². The molecular formula is C23H39N3. The standard InChI is InChI=1S/C12H19N.C10H16N2.CH4/c1-9(2)11-7-6-10(8-13-11)12(3,4)5;1-7(2)9-5-6-10(8(3)4)12-11-9;/h6-9H,1-5H3;5-8H,1-4H3;1H4. The smallest absolute Gasteiger partial charge is 0.0656 e. The minimum Gasteiger partial charge on any atom is -0.261 e. The minimum atomic E-state index is 0. The van der Waals surface area contributed by atoms with Gasteiger partial charge in [-0.15, -0.1) is 0 Å². The Hall–Kier alpha value is -1.77. The fraction of sp³-hybridized carbons (Fsp3) is 0.609. The summed E-state index contributed by atoms with van der Waals surface area (Å²) < 4.78 is 0. The van der Waals surface area contributed by atoms with Crippen LogP contribution in [0.2, 0.25) is 0 Å². The van der Waals surface area contributed by atoms with Gasteiger partial charge in [-0.1, -0.05) is 75.8 Å². The zero-order valence-corrected chi connectivity index (χ0v) is 17.5. The van der Waals surface area contributed by atoms with E-state index in [-0.39, 0.29) is 12.8 Å². The van der Waals surface area contributed by atoms with Gasteiger partial charge >= 0.3 is 0 Å². The first-order chi connectivity index (χ1) is 11.5. The van der Waals surface area contributed by atoms with Gasteiger partial charge in [-0.3, -0.25) is 4.98 Å². The van der Waals surface area contributed by atoms with Gasteiger partial charge in [0.05, 0.1) is 11.4 Å². The summed E-state index contributed by atoms with van der Waals surface area (Å²) in [6, 6.07) is 8.44. The second-order valence-electron chi connectivity index (χ2n) is 8.57. The minimum absolute atomic E-state index is 0. The molecule has 0 spiro atoms. The van der Waals surface area contributed by atoms with Crippen molar-refractivity contribution in [2.75, 3.05) is 0 Å². The first-order valence-electron chi connectivity index (χ1n) is 9.32. The zero-order valence-electron chi connectivity index (χ0n) is 17.5. The molecular weight excluding hydrogens is 318 g/mol. The van der Waals surface area contributed by atoms with Gasteiger partial charge < -0.3 is 0 Å². The summed E-state index contributed by atoms with van der Waals surface area (Å²) in [6.07, 6.45) is 2.00. The molecule has 0 aliphatic rings. The molecule has 0 aliphatic heterocycles. The number of hydrogen-bond acceptors (Lipinski definition) is 3. The number of hydrogen-bond donors (Lipinski definition) is 0. The molecule has 0 atom stereocenters. The summed E-state index contributed by atoms with van der Waals surface area (Å²) in [5.74, 6) is 1.46. The van der Waals surface area contributed by atoms with Gasteiger partial charge in [0.2, 0.25) is 0 Å². The Bertz CT molecular complexity index is 591. The maximum atomic E-state index is 4.44. The van der Waals surface area contributed by atoms with Gasteiger partial charge in [0.25, 0.3) is 0 Å². The molecule has 0 N–H and O–H groups in total. The van der Waals surface area contributed by atoms with Crippen LogP contribution in [0.25, 0.3) is 0 Å². The quantitative estimate of drug-likeness (QED) is 0.602. The Morgan fingerprint density at radius 2 is 1.04 bits per heavy atom. The van der Waals surface area contributed by atoms with Gasteiger partial charge in [0.1, 0.15) is 0 Å².